The number of rotatable bonds is 3. The molecular formula is C11H16FNO3S. The second-order valence-corrected chi connectivity index (χ2v) is 7.09. The van der Waals surface area contributed by atoms with E-state index in [9.17, 15) is 12.8 Å². The molecule has 0 atom stereocenters. The number of aliphatic hydroxyl groups is 1. The maximum absolute atomic E-state index is 13.5. The van der Waals surface area contributed by atoms with Crippen molar-refractivity contribution in [1.29, 1.82) is 0 Å². The van der Waals surface area contributed by atoms with Crippen LogP contribution in [0.3, 0.4) is 0 Å². The van der Waals surface area contributed by atoms with Crippen LogP contribution in [0, 0.1) is 5.82 Å². The minimum atomic E-state index is -3.71. The average Bonchev–Trinajstić information content (AvgIpc) is 2.19. The monoisotopic (exact) mass is 261 g/mol. The first kappa shape index (κ1) is 13.9. The highest BCUT2D eigenvalue weighted by atomic mass is 32.2. The summed E-state index contributed by atoms with van der Waals surface area (Å²) in [7, 11) is -3.71. The molecule has 96 valence electrons. The minimum Gasteiger partial charge on any atom is -0.392 e. The Morgan fingerprint density at radius 3 is 2.41 bits per heavy atom. The van der Waals surface area contributed by atoms with E-state index in [0.29, 0.717) is 0 Å². The quantitative estimate of drug-likeness (QED) is 0.872. The number of aliphatic hydroxyl groups excluding tert-OH is 1. The van der Waals surface area contributed by atoms with Crippen LogP contribution in [0.5, 0.6) is 0 Å². The number of hydrogen-bond acceptors (Lipinski definition) is 3. The van der Waals surface area contributed by atoms with Crippen LogP contribution in [0.15, 0.2) is 18.2 Å². The van der Waals surface area contributed by atoms with Crippen LogP contribution in [0.1, 0.15) is 26.3 Å². The van der Waals surface area contributed by atoms with Gasteiger partial charge in [-0.05, 0) is 26.8 Å². The van der Waals surface area contributed by atoms with Gasteiger partial charge >= 0.3 is 0 Å². The summed E-state index contributed by atoms with van der Waals surface area (Å²) in [4.78, 5) is 0. The molecule has 6 heteroatoms. The zero-order chi connectivity index (χ0) is 13.3. The van der Waals surface area contributed by atoms with Crippen molar-refractivity contribution in [2.45, 2.75) is 32.1 Å². The highest BCUT2D eigenvalue weighted by Crippen LogP contribution is 2.25. The molecule has 1 aromatic rings. The van der Waals surface area contributed by atoms with E-state index in [1.807, 2.05) is 0 Å². The summed E-state index contributed by atoms with van der Waals surface area (Å²) in [5.41, 5.74) is 0.0164. The summed E-state index contributed by atoms with van der Waals surface area (Å²) in [6.45, 7) is 4.10. The third-order valence-corrected chi connectivity index (χ3v) is 4.40. The first-order valence-corrected chi connectivity index (χ1v) is 6.58. The minimum absolute atomic E-state index is 0.190. The molecule has 0 unspecified atom stereocenters. The second kappa shape index (κ2) is 4.62. The number of hydrogen-bond donors (Lipinski definition) is 2. The predicted octanol–water partition coefficient (Wildman–Crippen LogP) is 1.86. The van der Waals surface area contributed by atoms with Gasteiger partial charge in [0.15, 0.2) is 0 Å². The molecule has 0 saturated heterocycles. The number of benzene rings is 1. The molecule has 2 N–H and O–H groups in total. The summed E-state index contributed by atoms with van der Waals surface area (Å²) in [6, 6.07) is 4.01. The molecule has 0 aliphatic rings. The Bertz CT molecular complexity index is 506. The molecule has 17 heavy (non-hydrogen) atoms. The number of nitrogens with one attached hydrogen (secondary N) is 1. The summed E-state index contributed by atoms with van der Waals surface area (Å²) in [6.07, 6.45) is 0. The molecule has 0 bridgehead atoms. The molecular weight excluding hydrogens is 245 g/mol. The average molecular weight is 261 g/mol. The van der Waals surface area contributed by atoms with E-state index in [1.54, 1.807) is 0 Å². The molecule has 0 aliphatic carbocycles. The number of halogens is 1. The van der Waals surface area contributed by atoms with Crippen molar-refractivity contribution < 1.29 is 17.9 Å². The summed E-state index contributed by atoms with van der Waals surface area (Å²) >= 11 is 0. The fraction of sp³-hybridized carbons (Fsp3) is 0.455. The van der Waals surface area contributed by atoms with Crippen molar-refractivity contribution in [1.82, 2.24) is 0 Å². The zero-order valence-electron chi connectivity index (χ0n) is 9.99. The maximum Gasteiger partial charge on any atom is 0.237 e. The lowest BCUT2D eigenvalue weighted by molar-refractivity contribution is 0.282. The summed E-state index contributed by atoms with van der Waals surface area (Å²) < 4.78 is 38.4. The Balaban J connectivity index is 3.21. The molecule has 1 rings (SSSR count). The van der Waals surface area contributed by atoms with E-state index in [4.69, 9.17) is 5.11 Å². The van der Waals surface area contributed by atoms with Gasteiger partial charge in [0.2, 0.25) is 10.0 Å². The van der Waals surface area contributed by atoms with Crippen molar-refractivity contribution in [3.05, 3.63) is 29.6 Å². The van der Waals surface area contributed by atoms with Gasteiger partial charge in [0, 0.05) is 5.56 Å². The van der Waals surface area contributed by atoms with Crippen LogP contribution >= 0.6 is 0 Å². The van der Waals surface area contributed by atoms with E-state index in [2.05, 4.69) is 4.72 Å². The molecule has 0 spiro atoms. The van der Waals surface area contributed by atoms with Gasteiger partial charge in [-0.2, -0.15) is 0 Å². The molecule has 0 saturated carbocycles. The fourth-order valence-corrected chi connectivity index (χ4v) is 1.91. The third kappa shape index (κ3) is 2.95. The van der Waals surface area contributed by atoms with Crippen molar-refractivity contribution in [3.63, 3.8) is 0 Å². The number of anilines is 1. The Kier molecular flexibility index (Phi) is 3.78. The highest BCUT2D eigenvalue weighted by molar-refractivity contribution is 7.94. The van der Waals surface area contributed by atoms with Crippen molar-refractivity contribution in [3.8, 4) is 0 Å². The van der Waals surface area contributed by atoms with Gasteiger partial charge < -0.3 is 5.11 Å². The van der Waals surface area contributed by atoms with Crippen LogP contribution in [0.4, 0.5) is 10.1 Å². The fourth-order valence-electron chi connectivity index (χ4n) is 1.10. The first-order chi connectivity index (χ1) is 7.69. The zero-order valence-corrected chi connectivity index (χ0v) is 10.8. The number of para-hydroxylation sites is 1. The van der Waals surface area contributed by atoms with Crippen LogP contribution in [-0.4, -0.2) is 18.3 Å². The molecule has 0 aliphatic heterocycles. The molecule has 4 nitrogen and oxygen atoms in total. The summed E-state index contributed by atoms with van der Waals surface area (Å²) in [5.74, 6) is -0.704. The standard InChI is InChI=1S/C11H16FNO3S/c1-11(2,3)17(15,16)13-10-8(7-14)5-4-6-9(10)12/h4-6,13-14H,7H2,1-3H3. The van der Waals surface area contributed by atoms with Gasteiger partial charge in [0.1, 0.15) is 5.82 Å². The van der Waals surface area contributed by atoms with Gasteiger partial charge in [-0.3, -0.25) is 4.72 Å². The van der Waals surface area contributed by atoms with Crippen LogP contribution < -0.4 is 4.72 Å². The molecule has 0 amide bonds. The molecule has 0 heterocycles. The normalized spacial score (nSPS) is 12.5. The van der Waals surface area contributed by atoms with E-state index >= 15 is 0 Å². The van der Waals surface area contributed by atoms with E-state index in [0.717, 1.165) is 6.07 Å². The Morgan fingerprint density at radius 1 is 1.35 bits per heavy atom. The molecule has 0 radical (unpaired) electrons. The van der Waals surface area contributed by atoms with E-state index in [-0.39, 0.29) is 11.3 Å². The van der Waals surface area contributed by atoms with Crippen molar-refractivity contribution in [2.75, 3.05) is 4.72 Å². The third-order valence-electron chi connectivity index (χ3n) is 2.31. The highest BCUT2D eigenvalue weighted by Gasteiger charge is 2.30. The SMILES string of the molecule is CC(C)(C)S(=O)(=O)Nc1c(F)cccc1CO. The van der Waals surface area contributed by atoms with E-state index in [1.165, 1.54) is 32.9 Å². The van der Waals surface area contributed by atoms with E-state index < -0.39 is 27.2 Å². The number of sulfonamides is 1. The van der Waals surface area contributed by atoms with Crippen LogP contribution in [-0.2, 0) is 16.6 Å². The van der Waals surface area contributed by atoms with Crippen LogP contribution in [0.2, 0.25) is 0 Å². The van der Waals surface area contributed by atoms with Crippen molar-refractivity contribution >= 4 is 15.7 Å². The lowest BCUT2D eigenvalue weighted by atomic mass is 10.2. The Hall–Kier alpha value is -1.14. The lowest BCUT2D eigenvalue weighted by Gasteiger charge is -2.21. The van der Waals surface area contributed by atoms with Gasteiger partial charge in [0.05, 0.1) is 17.0 Å². The van der Waals surface area contributed by atoms with Gasteiger partial charge in [-0.1, -0.05) is 12.1 Å². The summed E-state index contributed by atoms with van der Waals surface area (Å²) in [5, 5.41) is 9.04. The Labute approximate surface area is 101 Å². The Morgan fingerprint density at radius 2 is 1.94 bits per heavy atom. The lowest BCUT2D eigenvalue weighted by Crippen LogP contribution is -2.34. The van der Waals surface area contributed by atoms with Crippen LogP contribution in [0.25, 0.3) is 0 Å². The molecule has 1 aromatic carbocycles. The smallest absolute Gasteiger partial charge is 0.237 e. The van der Waals surface area contributed by atoms with Crippen molar-refractivity contribution in [2.24, 2.45) is 0 Å². The maximum atomic E-state index is 13.5. The van der Waals surface area contributed by atoms with Gasteiger partial charge in [0.25, 0.3) is 0 Å². The predicted molar refractivity (Wildman–Crippen MR) is 64.6 cm³/mol. The second-order valence-electron chi connectivity index (χ2n) is 4.65. The first-order valence-electron chi connectivity index (χ1n) is 5.09. The van der Waals surface area contributed by atoms with Gasteiger partial charge in [-0.15, -0.1) is 0 Å². The largest absolute Gasteiger partial charge is 0.392 e. The molecule has 0 aromatic heterocycles. The van der Waals surface area contributed by atoms with Gasteiger partial charge in [-0.25, -0.2) is 12.8 Å². The topological polar surface area (TPSA) is 66.4 Å². The molecule has 0 fully saturated rings.